The molecule has 1 amide bonds. The van der Waals surface area contributed by atoms with Gasteiger partial charge in [-0.3, -0.25) is 4.79 Å². The summed E-state index contributed by atoms with van der Waals surface area (Å²) in [5.74, 6) is 1.95. The SMILES string of the molecule is COc1ccc(C2CC(=O)NC2CC(C)C)cc1C. The van der Waals surface area contributed by atoms with Crippen molar-refractivity contribution >= 4 is 5.91 Å². The van der Waals surface area contributed by atoms with Crippen molar-refractivity contribution in [1.82, 2.24) is 5.32 Å². The van der Waals surface area contributed by atoms with Gasteiger partial charge in [0.2, 0.25) is 5.91 Å². The molecule has 2 rings (SSSR count). The molecule has 2 unspecified atom stereocenters. The lowest BCUT2D eigenvalue weighted by atomic mass is 9.86. The number of rotatable bonds is 4. The van der Waals surface area contributed by atoms with Crippen molar-refractivity contribution in [3.8, 4) is 5.75 Å². The Labute approximate surface area is 115 Å². The van der Waals surface area contributed by atoms with Crippen LogP contribution in [0.15, 0.2) is 18.2 Å². The second kappa shape index (κ2) is 5.64. The summed E-state index contributed by atoms with van der Waals surface area (Å²) in [5.41, 5.74) is 2.37. The minimum Gasteiger partial charge on any atom is -0.496 e. The monoisotopic (exact) mass is 261 g/mol. The lowest BCUT2D eigenvalue weighted by molar-refractivity contribution is -0.119. The van der Waals surface area contributed by atoms with Crippen molar-refractivity contribution in [1.29, 1.82) is 0 Å². The molecule has 0 bridgehead atoms. The predicted molar refractivity (Wildman–Crippen MR) is 76.5 cm³/mol. The van der Waals surface area contributed by atoms with Crippen LogP contribution in [-0.4, -0.2) is 19.1 Å². The first-order valence-electron chi connectivity index (χ1n) is 6.95. The molecule has 1 aromatic carbocycles. The van der Waals surface area contributed by atoms with Gasteiger partial charge in [-0.15, -0.1) is 0 Å². The molecule has 0 spiro atoms. The third kappa shape index (κ3) is 3.09. The van der Waals surface area contributed by atoms with E-state index in [-0.39, 0.29) is 11.9 Å². The number of methoxy groups -OCH3 is 1. The largest absolute Gasteiger partial charge is 0.496 e. The van der Waals surface area contributed by atoms with E-state index in [1.807, 2.05) is 13.0 Å². The Morgan fingerprint density at radius 2 is 2.16 bits per heavy atom. The smallest absolute Gasteiger partial charge is 0.220 e. The Balaban J connectivity index is 2.23. The number of aryl methyl sites for hydroxylation is 1. The standard InChI is InChI=1S/C16H23NO2/c1-10(2)7-14-13(9-16(18)17-14)12-5-6-15(19-4)11(3)8-12/h5-6,8,10,13-14H,7,9H2,1-4H3,(H,17,18). The minimum absolute atomic E-state index is 0.170. The van der Waals surface area contributed by atoms with E-state index in [2.05, 4.69) is 31.3 Å². The highest BCUT2D eigenvalue weighted by atomic mass is 16.5. The van der Waals surface area contributed by atoms with Crippen LogP contribution < -0.4 is 10.1 Å². The highest BCUT2D eigenvalue weighted by Crippen LogP contribution is 2.33. The second-order valence-corrected chi connectivity index (χ2v) is 5.84. The summed E-state index contributed by atoms with van der Waals surface area (Å²) in [5, 5.41) is 3.11. The maximum absolute atomic E-state index is 11.7. The van der Waals surface area contributed by atoms with Crippen LogP contribution in [0, 0.1) is 12.8 Å². The molecule has 1 fully saturated rings. The molecule has 0 saturated carbocycles. The lowest BCUT2D eigenvalue weighted by Gasteiger charge is -2.21. The maximum Gasteiger partial charge on any atom is 0.220 e. The van der Waals surface area contributed by atoms with Crippen molar-refractivity contribution in [2.75, 3.05) is 7.11 Å². The van der Waals surface area contributed by atoms with Crippen LogP contribution in [0.4, 0.5) is 0 Å². The number of amides is 1. The Hall–Kier alpha value is -1.51. The van der Waals surface area contributed by atoms with Gasteiger partial charge in [0, 0.05) is 18.4 Å². The molecule has 19 heavy (non-hydrogen) atoms. The molecule has 0 aliphatic carbocycles. The van der Waals surface area contributed by atoms with E-state index in [9.17, 15) is 4.79 Å². The van der Waals surface area contributed by atoms with Gasteiger partial charge in [-0.05, 0) is 36.5 Å². The molecule has 3 heteroatoms. The van der Waals surface area contributed by atoms with Crippen molar-refractivity contribution in [3.63, 3.8) is 0 Å². The molecule has 1 saturated heterocycles. The number of ether oxygens (including phenoxy) is 1. The normalized spacial score (nSPS) is 22.7. The molecule has 3 nitrogen and oxygen atoms in total. The van der Waals surface area contributed by atoms with Gasteiger partial charge in [0.1, 0.15) is 5.75 Å². The highest BCUT2D eigenvalue weighted by molar-refractivity contribution is 5.80. The zero-order chi connectivity index (χ0) is 14.0. The van der Waals surface area contributed by atoms with Gasteiger partial charge in [-0.2, -0.15) is 0 Å². The van der Waals surface area contributed by atoms with Crippen molar-refractivity contribution in [3.05, 3.63) is 29.3 Å². The highest BCUT2D eigenvalue weighted by Gasteiger charge is 2.33. The third-order valence-electron chi connectivity index (χ3n) is 3.81. The number of carbonyl (C=O) groups excluding carboxylic acids is 1. The molecular formula is C16H23NO2. The van der Waals surface area contributed by atoms with Crippen LogP contribution in [0.25, 0.3) is 0 Å². The number of hydrogen-bond donors (Lipinski definition) is 1. The molecule has 0 aromatic heterocycles. The fourth-order valence-corrected chi connectivity index (χ4v) is 2.92. The van der Waals surface area contributed by atoms with Crippen LogP contribution in [0.1, 0.15) is 43.7 Å². The summed E-state index contributed by atoms with van der Waals surface area (Å²) in [6, 6.07) is 6.50. The summed E-state index contributed by atoms with van der Waals surface area (Å²) in [7, 11) is 1.68. The van der Waals surface area contributed by atoms with Crippen LogP contribution in [0.2, 0.25) is 0 Å². The first-order chi connectivity index (χ1) is 9.01. The number of hydrogen-bond acceptors (Lipinski definition) is 2. The zero-order valence-corrected chi connectivity index (χ0v) is 12.2. The van der Waals surface area contributed by atoms with Gasteiger partial charge in [-0.1, -0.05) is 26.0 Å². The molecule has 1 aromatic rings. The lowest BCUT2D eigenvalue weighted by Crippen LogP contribution is -2.29. The van der Waals surface area contributed by atoms with Crippen molar-refractivity contribution in [2.45, 2.75) is 45.6 Å². The average Bonchev–Trinajstić information content (AvgIpc) is 2.69. The Morgan fingerprint density at radius 3 is 2.74 bits per heavy atom. The summed E-state index contributed by atoms with van der Waals surface area (Å²) < 4.78 is 5.29. The van der Waals surface area contributed by atoms with Gasteiger partial charge >= 0.3 is 0 Å². The van der Waals surface area contributed by atoms with Gasteiger partial charge in [-0.25, -0.2) is 0 Å². The van der Waals surface area contributed by atoms with Crippen LogP contribution in [0.3, 0.4) is 0 Å². The average molecular weight is 261 g/mol. The van der Waals surface area contributed by atoms with Crippen molar-refractivity contribution in [2.24, 2.45) is 5.92 Å². The quantitative estimate of drug-likeness (QED) is 0.904. The van der Waals surface area contributed by atoms with Gasteiger partial charge in [0.25, 0.3) is 0 Å². The second-order valence-electron chi connectivity index (χ2n) is 5.84. The minimum atomic E-state index is 0.170. The molecule has 0 radical (unpaired) electrons. The van der Waals surface area contributed by atoms with E-state index in [0.29, 0.717) is 18.3 Å². The molecule has 1 aliphatic heterocycles. The molecule has 104 valence electrons. The van der Waals surface area contributed by atoms with E-state index in [1.54, 1.807) is 7.11 Å². The molecular weight excluding hydrogens is 238 g/mol. The van der Waals surface area contributed by atoms with E-state index in [0.717, 1.165) is 17.7 Å². The first-order valence-corrected chi connectivity index (χ1v) is 6.95. The maximum atomic E-state index is 11.7. The summed E-state index contributed by atoms with van der Waals surface area (Å²) in [4.78, 5) is 11.7. The fourth-order valence-electron chi connectivity index (χ4n) is 2.92. The van der Waals surface area contributed by atoms with E-state index >= 15 is 0 Å². The van der Waals surface area contributed by atoms with Gasteiger partial charge < -0.3 is 10.1 Å². The van der Waals surface area contributed by atoms with E-state index < -0.39 is 0 Å². The molecule has 1 heterocycles. The van der Waals surface area contributed by atoms with Crippen LogP contribution >= 0.6 is 0 Å². The third-order valence-corrected chi connectivity index (χ3v) is 3.81. The fraction of sp³-hybridized carbons (Fsp3) is 0.562. The Bertz CT molecular complexity index is 468. The van der Waals surface area contributed by atoms with Crippen molar-refractivity contribution < 1.29 is 9.53 Å². The molecule has 1 aliphatic rings. The van der Waals surface area contributed by atoms with E-state index in [4.69, 9.17) is 4.74 Å². The predicted octanol–water partition coefficient (Wildman–Crippen LogP) is 3.02. The van der Waals surface area contributed by atoms with Gasteiger partial charge in [0.05, 0.1) is 7.11 Å². The summed E-state index contributed by atoms with van der Waals surface area (Å²) >= 11 is 0. The summed E-state index contributed by atoms with van der Waals surface area (Å²) in [6.45, 7) is 6.44. The van der Waals surface area contributed by atoms with Crippen LogP contribution in [-0.2, 0) is 4.79 Å². The first kappa shape index (κ1) is 13.9. The van der Waals surface area contributed by atoms with Crippen LogP contribution in [0.5, 0.6) is 5.75 Å². The van der Waals surface area contributed by atoms with Gasteiger partial charge in [0.15, 0.2) is 0 Å². The number of carbonyl (C=O) groups is 1. The van der Waals surface area contributed by atoms with E-state index in [1.165, 1.54) is 5.56 Å². The number of nitrogens with one attached hydrogen (secondary N) is 1. The Morgan fingerprint density at radius 1 is 1.42 bits per heavy atom. The Kier molecular flexibility index (Phi) is 4.13. The number of benzene rings is 1. The summed E-state index contributed by atoms with van der Waals surface area (Å²) in [6.07, 6.45) is 1.63. The molecule has 2 atom stereocenters. The zero-order valence-electron chi connectivity index (χ0n) is 12.2. The topological polar surface area (TPSA) is 38.3 Å². The molecule has 1 N–H and O–H groups in total.